The molecule has 3 heterocycles. The minimum absolute atomic E-state index is 0.717. The lowest BCUT2D eigenvalue weighted by atomic mass is 10.1. The summed E-state index contributed by atoms with van der Waals surface area (Å²) >= 11 is 0. The Kier molecular flexibility index (Phi) is 6.46. The molecule has 234 valence electrons. The average molecular weight is 639 g/mol. The van der Waals surface area contributed by atoms with Gasteiger partial charge in [0.05, 0.1) is 27.8 Å². The first-order chi connectivity index (χ1) is 24.8. The minimum Gasteiger partial charge on any atom is -0.316 e. The van der Waals surface area contributed by atoms with Gasteiger partial charge in [-0.15, -0.1) is 0 Å². The van der Waals surface area contributed by atoms with Crippen LogP contribution in [0.2, 0.25) is 0 Å². The Hall–Kier alpha value is -6.78. The third-order valence-corrected chi connectivity index (χ3v) is 9.77. The van der Waals surface area contributed by atoms with E-state index in [1.807, 2.05) is 18.2 Å². The van der Waals surface area contributed by atoms with E-state index in [0.717, 1.165) is 39.1 Å². The van der Waals surface area contributed by atoms with Gasteiger partial charge in [-0.25, -0.2) is 9.97 Å². The molecule has 0 N–H and O–H groups in total. The Labute approximate surface area is 289 Å². The molecule has 50 heavy (non-hydrogen) atoms. The van der Waals surface area contributed by atoms with Crippen molar-refractivity contribution in [1.29, 1.82) is 0 Å². The first kappa shape index (κ1) is 28.3. The summed E-state index contributed by atoms with van der Waals surface area (Å²) in [5.41, 5.74) is 12.1. The highest BCUT2D eigenvalue weighted by Gasteiger charge is 2.18. The fourth-order valence-corrected chi connectivity index (χ4v) is 7.40. The lowest BCUT2D eigenvalue weighted by molar-refractivity contribution is 1.13. The number of hydrogen-bond donors (Lipinski definition) is 0. The van der Waals surface area contributed by atoms with E-state index in [1.54, 1.807) is 0 Å². The Morgan fingerprint density at radius 2 is 1.02 bits per heavy atom. The van der Waals surface area contributed by atoms with Crippen LogP contribution in [0.4, 0.5) is 0 Å². The number of nitrogens with zero attached hydrogens (tertiary/aromatic N) is 4. The average Bonchev–Trinajstić information content (AvgIpc) is 3.78. The van der Waals surface area contributed by atoms with Gasteiger partial charge in [0.2, 0.25) is 0 Å². The Bertz CT molecular complexity index is 2830. The van der Waals surface area contributed by atoms with Gasteiger partial charge in [-0.05, 0) is 71.8 Å². The predicted molar refractivity (Wildman–Crippen MR) is 207 cm³/mol. The molecular formula is C46H30N4. The second kappa shape index (κ2) is 11.4. The number of fused-ring (bicyclic) bond motifs is 6. The summed E-state index contributed by atoms with van der Waals surface area (Å²) in [4.78, 5) is 10.1. The molecule has 0 saturated carbocycles. The topological polar surface area (TPSA) is 35.6 Å². The molecule has 0 aliphatic heterocycles. The SMILES string of the molecule is c1ccc(-c2ccc(-n3ccc4ccc5c(c6ccccc6n5-c5ccc(-c6nc(-c7ccccc7)c7ccccc7n6)cc5)c43)cc2)cc1. The van der Waals surface area contributed by atoms with Crippen LogP contribution in [0.1, 0.15) is 0 Å². The monoisotopic (exact) mass is 638 g/mol. The van der Waals surface area contributed by atoms with Crippen molar-refractivity contribution in [2.45, 2.75) is 0 Å². The number of aromatic nitrogens is 4. The van der Waals surface area contributed by atoms with Gasteiger partial charge in [-0.1, -0.05) is 115 Å². The van der Waals surface area contributed by atoms with Crippen LogP contribution in [0.3, 0.4) is 0 Å². The minimum atomic E-state index is 0.717. The Balaban J connectivity index is 1.11. The molecule has 4 heteroatoms. The van der Waals surface area contributed by atoms with E-state index in [9.17, 15) is 0 Å². The van der Waals surface area contributed by atoms with Crippen molar-refractivity contribution in [3.63, 3.8) is 0 Å². The van der Waals surface area contributed by atoms with Gasteiger partial charge < -0.3 is 9.13 Å². The summed E-state index contributed by atoms with van der Waals surface area (Å²) in [6, 6.07) is 62.1. The summed E-state index contributed by atoms with van der Waals surface area (Å²) in [5.74, 6) is 0.717. The maximum Gasteiger partial charge on any atom is 0.160 e. The van der Waals surface area contributed by atoms with Crippen LogP contribution in [-0.4, -0.2) is 19.1 Å². The predicted octanol–water partition coefficient (Wildman–Crippen LogP) is 11.7. The first-order valence-electron chi connectivity index (χ1n) is 16.9. The maximum absolute atomic E-state index is 5.10. The molecule has 0 amide bonds. The fraction of sp³-hybridized carbons (Fsp3) is 0. The van der Waals surface area contributed by atoms with Crippen molar-refractivity contribution in [2.75, 3.05) is 0 Å². The third kappa shape index (κ3) is 4.54. The Morgan fingerprint density at radius 3 is 1.80 bits per heavy atom. The van der Waals surface area contributed by atoms with E-state index >= 15 is 0 Å². The van der Waals surface area contributed by atoms with Crippen LogP contribution in [0.25, 0.3) is 88.8 Å². The summed E-state index contributed by atoms with van der Waals surface area (Å²) in [5, 5.41) is 4.73. The molecule has 0 unspecified atom stereocenters. The zero-order valence-corrected chi connectivity index (χ0v) is 27.1. The Morgan fingerprint density at radius 1 is 0.400 bits per heavy atom. The van der Waals surface area contributed by atoms with Crippen LogP contribution in [0.15, 0.2) is 182 Å². The van der Waals surface area contributed by atoms with E-state index in [1.165, 1.54) is 43.8 Å². The maximum atomic E-state index is 5.10. The van der Waals surface area contributed by atoms with E-state index in [0.29, 0.717) is 5.82 Å². The molecule has 0 spiro atoms. The van der Waals surface area contributed by atoms with Crippen molar-refractivity contribution in [2.24, 2.45) is 0 Å². The van der Waals surface area contributed by atoms with Gasteiger partial charge in [0.1, 0.15) is 0 Å². The molecule has 0 atom stereocenters. The standard InChI is InChI=1S/C46H30N4/c1-3-11-31(12-4-1)32-19-24-36(25-20-32)49-30-29-34-23-28-42-43(45(34)49)39-16-8-10-18-41(39)50(42)37-26-21-35(22-27-37)46-47-40-17-9-7-15-38(40)44(48-46)33-13-5-2-6-14-33/h1-30H. The van der Waals surface area contributed by atoms with Crippen LogP contribution >= 0.6 is 0 Å². The van der Waals surface area contributed by atoms with Crippen LogP contribution < -0.4 is 0 Å². The van der Waals surface area contributed by atoms with Gasteiger partial charge in [-0.3, -0.25) is 0 Å². The lowest BCUT2D eigenvalue weighted by Gasteiger charge is -2.12. The van der Waals surface area contributed by atoms with Gasteiger partial charge in [0.25, 0.3) is 0 Å². The van der Waals surface area contributed by atoms with Crippen LogP contribution in [-0.2, 0) is 0 Å². The second-order valence-corrected chi connectivity index (χ2v) is 12.7. The molecule has 0 aliphatic carbocycles. The number of para-hydroxylation sites is 2. The number of hydrogen-bond acceptors (Lipinski definition) is 2. The summed E-state index contributed by atoms with van der Waals surface area (Å²) in [7, 11) is 0. The molecule has 4 nitrogen and oxygen atoms in total. The normalized spacial score (nSPS) is 11.6. The van der Waals surface area contributed by atoms with Gasteiger partial charge >= 0.3 is 0 Å². The molecule has 0 saturated heterocycles. The third-order valence-electron chi connectivity index (χ3n) is 9.77. The highest BCUT2D eigenvalue weighted by molar-refractivity contribution is 6.20. The molecule has 10 aromatic rings. The summed E-state index contributed by atoms with van der Waals surface area (Å²) < 4.78 is 4.70. The van der Waals surface area contributed by atoms with Crippen molar-refractivity contribution in [3.8, 4) is 45.1 Å². The highest BCUT2D eigenvalue weighted by atomic mass is 15.0. The summed E-state index contributed by atoms with van der Waals surface area (Å²) in [6.45, 7) is 0. The smallest absolute Gasteiger partial charge is 0.160 e. The zero-order valence-electron chi connectivity index (χ0n) is 27.1. The lowest BCUT2D eigenvalue weighted by Crippen LogP contribution is -1.97. The quantitative estimate of drug-likeness (QED) is 0.188. The second-order valence-electron chi connectivity index (χ2n) is 12.7. The fourth-order valence-electron chi connectivity index (χ4n) is 7.40. The molecule has 10 rings (SSSR count). The number of benzene rings is 7. The van der Waals surface area contributed by atoms with E-state index in [4.69, 9.17) is 9.97 Å². The number of rotatable bonds is 5. The summed E-state index contributed by atoms with van der Waals surface area (Å²) in [6.07, 6.45) is 2.19. The van der Waals surface area contributed by atoms with Crippen molar-refractivity contribution < 1.29 is 0 Å². The highest BCUT2D eigenvalue weighted by Crippen LogP contribution is 2.39. The van der Waals surface area contributed by atoms with Gasteiger partial charge in [0.15, 0.2) is 5.82 Å². The van der Waals surface area contributed by atoms with E-state index in [-0.39, 0.29) is 0 Å². The molecule has 0 aliphatic rings. The van der Waals surface area contributed by atoms with Crippen molar-refractivity contribution in [1.82, 2.24) is 19.1 Å². The molecular weight excluding hydrogens is 609 g/mol. The van der Waals surface area contributed by atoms with Crippen molar-refractivity contribution >= 4 is 43.6 Å². The van der Waals surface area contributed by atoms with Crippen LogP contribution in [0.5, 0.6) is 0 Å². The molecule has 0 radical (unpaired) electrons. The largest absolute Gasteiger partial charge is 0.316 e. The zero-order chi connectivity index (χ0) is 33.0. The molecule has 3 aromatic heterocycles. The first-order valence-corrected chi connectivity index (χ1v) is 16.9. The van der Waals surface area contributed by atoms with E-state index in [2.05, 4.69) is 173 Å². The molecule has 0 bridgehead atoms. The van der Waals surface area contributed by atoms with Gasteiger partial charge in [0, 0.05) is 50.2 Å². The molecule has 0 fully saturated rings. The molecule has 7 aromatic carbocycles. The van der Waals surface area contributed by atoms with E-state index < -0.39 is 0 Å². The van der Waals surface area contributed by atoms with Crippen LogP contribution in [0, 0.1) is 0 Å². The van der Waals surface area contributed by atoms with Gasteiger partial charge in [-0.2, -0.15) is 0 Å². The van der Waals surface area contributed by atoms with Crippen molar-refractivity contribution in [3.05, 3.63) is 182 Å².